The van der Waals surface area contributed by atoms with Crippen LogP contribution in [0.4, 0.5) is 0 Å². The van der Waals surface area contributed by atoms with Crippen molar-refractivity contribution in [3.8, 4) is 0 Å². The SMILES string of the molecule is CCCC(C)C(=O)N1CCCC(CCO)C1. The molecule has 1 fully saturated rings. The van der Waals surface area contributed by atoms with Crippen LogP contribution in [0.3, 0.4) is 0 Å². The minimum absolute atomic E-state index is 0.165. The molecule has 1 heterocycles. The lowest BCUT2D eigenvalue weighted by molar-refractivity contribution is -0.137. The number of hydrogen-bond donors (Lipinski definition) is 1. The molecule has 1 rings (SSSR count). The predicted octanol–water partition coefficient (Wildman–Crippen LogP) is 2.04. The van der Waals surface area contributed by atoms with E-state index in [-0.39, 0.29) is 12.5 Å². The summed E-state index contributed by atoms with van der Waals surface area (Å²) in [5, 5.41) is 8.93. The van der Waals surface area contributed by atoms with Gasteiger partial charge in [0.25, 0.3) is 0 Å². The van der Waals surface area contributed by atoms with Gasteiger partial charge in [-0.25, -0.2) is 0 Å². The van der Waals surface area contributed by atoms with Gasteiger partial charge in [-0.15, -0.1) is 0 Å². The Bertz CT molecular complexity index is 216. The molecule has 0 radical (unpaired) electrons. The van der Waals surface area contributed by atoms with Crippen molar-refractivity contribution in [2.45, 2.75) is 46.0 Å². The molecule has 2 unspecified atom stereocenters. The van der Waals surface area contributed by atoms with Gasteiger partial charge in [-0.1, -0.05) is 20.3 Å². The highest BCUT2D eigenvalue weighted by Gasteiger charge is 2.25. The molecule has 1 aliphatic rings. The Morgan fingerprint density at radius 1 is 1.56 bits per heavy atom. The summed E-state index contributed by atoms with van der Waals surface area (Å²) in [6.07, 6.45) is 5.15. The second-order valence-corrected chi connectivity index (χ2v) is 4.99. The lowest BCUT2D eigenvalue weighted by Crippen LogP contribution is -2.42. The topological polar surface area (TPSA) is 40.5 Å². The third-order valence-electron chi connectivity index (χ3n) is 3.51. The molecule has 1 N–H and O–H groups in total. The number of likely N-dealkylation sites (tertiary alicyclic amines) is 1. The largest absolute Gasteiger partial charge is 0.396 e. The summed E-state index contributed by atoms with van der Waals surface area (Å²) in [6.45, 7) is 6.16. The molecular weight excluding hydrogens is 202 g/mol. The fourth-order valence-electron chi connectivity index (χ4n) is 2.55. The molecule has 0 saturated carbocycles. The van der Waals surface area contributed by atoms with Gasteiger partial charge in [0.2, 0.25) is 5.91 Å². The Morgan fingerprint density at radius 3 is 2.94 bits per heavy atom. The molecule has 2 atom stereocenters. The van der Waals surface area contributed by atoms with E-state index in [4.69, 9.17) is 5.11 Å². The van der Waals surface area contributed by atoms with Crippen molar-refractivity contribution < 1.29 is 9.90 Å². The van der Waals surface area contributed by atoms with Crippen molar-refractivity contribution >= 4 is 5.91 Å². The number of aliphatic hydroxyl groups excluding tert-OH is 1. The van der Waals surface area contributed by atoms with Gasteiger partial charge in [0.15, 0.2) is 0 Å². The summed E-state index contributed by atoms with van der Waals surface area (Å²) in [5.41, 5.74) is 0. The molecule has 0 bridgehead atoms. The Morgan fingerprint density at radius 2 is 2.31 bits per heavy atom. The van der Waals surface area contributed by atoms with Crippen LogP contribution in [0.2, 0.25) is 0 Å². The van der Waals surface area contributed by atoms with Crippen LogP contribution in [-0.2, 0) is 4.79 Å². The first kappa shape index (κ1) is 13.5. The quantitative estimate of drug-likeness (QED) is 0.781. The molecule has 1 amide bonds. The van der Waals surface area contributed by atoms with Gasteiger partial charge in [0, 0.05) is 25.6 Å². The van der Waals surface area contributed by atoms with E-state index in [1.54, 1.807) is 0 Å². The number of piperidine rings is 1. The summed E-state index contributed by atoms with van der Waals surface area (Å²) < 4.78 is 0. The van der Waals surface area contributed by atoms with Crippen molar-refractivity contribution in [3.63, 3.8) is 0 Å². The van der Waals surface area contributed by atoms with Crippen LogP contribution in [0, 0.1) is 11.8 Å². The minimum Gasteiger partial charge on any atom is -0.396 e. The average Bonchev–Trinajstić information content (AvgIpc) is 2.29. The molecule has 1 saturated heterocycles. The van der Waals surface area contributed by atoms with Crippen LogP contribution in [0.1, 0.15) is 46.0 Å². The van der Waals surface area contributed by atoms with E-state index >= 15 is 0 Å². The fourth-order valence-corrected chi connectivity index (χ4v) is 2.55. The molecule has 94 valence electrons. The lowest BCUT2D eigenvalue weighted by atomic mass is 9.93. The number of aliphatic hydroxyl groups is 1. The van der Waals surface area contributed by atoms with Crippen LogP contribution < -0.4 is 0 Å². The zero-order chi connectivity index (χ0) is 12.0. The summed E-state index contributed by atoms with van der Waals surface area (Å²) in [7, 11) is 0. The monoisotopic (exact) mass is 227 g/mol. The van der Waals surface area contributed by atoms with Crippen molar-refractivity contribution in [2.24, 2.45) is 11.8 Å². The third-order valence-corrected chi connectivity index (χ3v) is 3.51. The molecule has 16 heavy (non-hydrogen) atoms. The molecule has 1 aliphatic heterocycles. The highest BCUT2D eigenvalue weighted by Crippen LogP contribution is 2.21. The summed E-state index contributed by atoms with van der Waals surface area (Å²) >= 11 is 0. The van der Waals surface area contributed by atoms with Crippen LogP contribution >= 0.6 is 0 Å². The maximum absolute atomic E-state index is 12.1. The van der Waals surface area contributed by atoms with Crippen LogP contribution in [0.5, 0.6) is 0 Å². The third kappa shape index (κ3) is 3.78. The zero-order valence-electron chi connectivity index (χ0n) is 10.6. The first-order valence-electron chi connectivity index (χ1n) is 6.58. The summed E-state index contributed by atoms with van der Waals surface area (Å²) in [5.74, 6) is 0.985. The van der Waals surface area contributed by atoms with Gasteiger partial charge in [0.1, 0.15) is 0 Å². The number of nitrogens with zero attached hydrogens (tertiary/aromatic N) is 1. The number of carbonyl (C=O) groups excluding carboxylic acids is 1. The Balaban J connectivity index is 2.43. The summed E-state index contributed by atoms with van der Waals surface area (Å²) in [6, 6.07) is 0. The van der Waals surface area contributed by atoms with Crippen LogP contribution in [-0.4, -0.2) is 35.6 Å². The van der Waals surface area contributed by atoms with Crippen LogP contribution in [0.15, 0.2) is 0 Å². The lowest BCUT2D eigenvalue weighted by Gasteiger charge is -2.34. The molecule has 0 spiro atoms. The van der Waals surface area contributed by atoms with E-state index in [0.717, 1.165) is 45.2 Å². The van der Waals surface area contributed by atoms with Gasteiger partial charge in [0.05, 0.1) is 0 Å². The van der Waals surface area contributed by atoms with E-state index < -0.39 is 0 Å². The van der Waals surface area contributed by atoms with Gasteiger partial charge in [-0.05, 0) is 31.6 Å². The fraction of sp³-hybridized carbons (Fsp3) is 0.923. The molecule has 3 nitrogen and oxygen atoms in total. The first-order valence-corrected chi connectivity index (χ1v) is 6.58. The van der Waals surface area contributed by atoms with Crippen molar-refractivity contribution in [1.82, 2.24) is 4.90 Å². The maximum atomic E-state index is 12.1. The highest BCUT2D eigenvalue weighted by atomic mass is 16.3. The molecule has 0 aliphatic carbocycles. The van der Waals surface area contributed by atoms with Crippen molar-refractivity contribution in [2.75, 3.05) is 19.7 Å². The number of amides is 1. The molecular formula is C13H25NO2. The molecule has 0 aromatic rings. The van der Waals surface area contributed by atoms with Gasteiger partial charge < -0.3 is 10.0 Å². The Labute approximate surface area is 98.8 Å². The number of rotatable bonds is 5. The van der Waals surface area contributed by atoms with Crippen molar-refractivity contribution in [1.29, 1.82) is 0 Å². The maximum Gasteiger partial charge on any atom is 0.225 e. The Kier molecular flexibility index (Phi) is 5.81. The molecule has 0 aromatic carbocycles. The van der Waals surface area contributed by atoms with Gasteiger partial charge in [-0.3, -0.25) is 4.79 Å². The van der Waals surface area contributed by atoms with E-state index in [1.807, 2.05) is 11.8 Å². The van der Waals surface area contributed by atoms with E-state index in [2.05, 4.69) is 6.92 Å². The second-order valence-electron chi connectivity index (χ2n) is 4.99. The van der Waals surface area contributed by atoms with E-state index in [9.17, 15) is 4.79 Å². The minimum atomic E-state index is 0.165. The highest BCUT2D eigenvalue weighted by molar-refractivity contribution is 5.78. The average molecular weight is 227 g/mol. The van der Waals surface area contributed by atoms with E-state index in [1.165, 1.54) is 0 Å². The number of carbonyl (C=O) groups is 1. The van der Waals surface area contributed by atoms with Gasteiger partial charge >= 0.3 is 0 Å². The smallest absolute Gasteiger partial charge is 0.225 e. The Hall–Kier alpha value is -0.570. The standard InChI is InChI=1S/C13H25NO2/c1-3-5-11(2)13(16)14-8-4-6-12(10-14)7-9-15/h11-12,15H,3-10H2,1-2H3. The molecule has 3 heteroatoms. The first-order chi connectivity index (χ1) is 7.69. The normalized spacial score (nSPS) is 23.2. The zero-order valence-corrected chi connectivity index (χ0v) is 10.6. The van der Waals surface area contributed by atoms with Crippen LogP contribution in [0.25, 0.3) is 0 Å². The summed E-state index contributed by atoms with van der Waals surface area (Å²) in [4.78, 5) is 14.1. The van der Waals surface area contributed by atoms with Crippen molar-refractivity contribution in [3.05, 3.63) is 0 Å². The van der Waals surface area contributed by atoms with E-state index in [0.29, 0.717) is 11.8 Å². The molecule has 0 aromatic heterocycles. The van der Waals surface area contributed by atoms with Gasteiger partial charge in [-0.2, -0.15) is 0 Å². The number of hydrogen-bond acceptors (Lipinski definition) is 2. The predicted molar refractivity (Wildman–Crippen MR) is 65.1 cm³/mol. The second kappa shape index (κ2) is 6.89.